The minimum Gasteiger partial charge on any atom is -0.343 e. The van der Waals surface area contributed by atoms with Gasteiger partial charge in [0.2, 0.25) is 5.91 Å². The molecule has 0 radical (unpaired) electrons. The highest BCUT2D eigenvalue weighted by Crippen LogP contribution is 2.27. The highest BCUT2D eigenvalue weighted by molar-refractivity contribution is 5.92. The molecule has 2 amide bonds. The Balaban J connectivity index is 1.46. The molecule has 29 heavy (non-hydrogen) atoms. The first-order valence-corrected chi connectivity index (χ1v) is 9.54. The minimum atomic E-state index is -4.46. The number of nitrogens with zero attached hydrogens (tertiary/aromatic N) is 2. The molecule has 2 aromatic rings. The van der Waals surface area contributed by atoms with Crippen molar-refractivity contribution >= 4 is 11.8 Å². The van der Waals surface area contributed by atoms with Crippen LogP contribution in [0, 0.1) is 0 Å². The van der Waals surface area contributed by atoms with E-state index in [9.17, 15) is 22.8 Å². The van der Waals surface area contributed by atoms with Gasteiger partial charge in [0.1, 0.15) is 12.2 Å². The standard InChI is InChI=1S/C20H23F3N4O2/c21-20(22,23)13-24-19(29)17-12-16(25-26-17)15-8-10-27(11-9-15)18(28)7-6-14-4-2-1-3-5-14/h1-5,12,15H,6-11,13H2,(H,24,29)(H,25,26). The summed E-state index contributed by atoms with van der Waals surface area (Å²) < 4.78 is 36.6. The summed E-state index contributed by atoms with van der Waals surface area (Å²) in [6, 6.07) is 11.3. The second-order valence-electron chi connectivity index (χ2n) is 7.15. The number of aromatic nitrogens is 2. The number of H-pyrrole nitrogens is 1. The number of halogens is 3. The third-order valence-corrected chi connectivity index (χ3v) is 5.04. The molecule has 1 fully saturated rings. The Kier molecular flexibility index (Phi) is 6.56. The van der Waals surface area contributed by atoms with Gasteiger partial charge in [-0.15, -0.1) is 0 Å². The van der Waals surface area contributed by atoms with E-state index in [2.05, 4.69) is 10.2 Å². The lowest BCUT2D eigenvalue weighted by atomic mass is 9.93. The molecule has 1 aromatic heterocycles. The van der Waals surface area contributed by atoms with Gasteiger partial charge in [-0.2, -0.15) is 18.3 Å². The number of piperidine rings is 1. The number of rotatable bonds is 6. The second kappa shape index (κ2) is 9.11. The molecule has 156 valence electrons. The summed E-state index contributed by atoms with van der Waals surface area (Å²) in [5, 5.41) is 8.38. The van der Waals surface area contributed by atoms with Crippen molar-refractivity contribution in [2.45, 2.75) is 37.8 Å². The third-order valence-electron chi connectivity index (χ3n) is 5.04. The van der Waals surface area contributed by atoms with Crippen LogP contribution in [0.3, 0.4) is 0 Å². The lowest BCUT2D eigenvalue weighted by Gasteiger charge is -2.31. The summed E-state index contributed by atoms with van der Waals surface area (Å²) >= 11 is 0. The van der Waals surface area contributed by atoms with Crippen molar-refractivity contribution < 1.29 is 22.8 Å². The Bertz CT molecular complexity index is 828. The van der Waals surface area contributed by atoms with Crippen molar-refractivity contribution in [3.63, 3.8) is 0 Å². The lowest BCUT2D eigenvalue weighted by molar-refractivity contribution is -0.132. The largest absolute Gasteiger partial charge is 0.405 e. The predicted molar refractivity (Wildman–Crippen MR) is 100 cm³/mol. The van der Waals surface area contributed by atoms with E-state index in [4.69, 9.17) is 0 Å². The number of benzene rings is 1. The number of carbonyl (C=O) groups excluding carboxylic acids is 2. The Hall–Kier alpha value is -2.84. The van der Waals surface area contributed by atoms with Crippen molar-refractivity contribution in [1.82, 2.24) is 20.4 Å². The molecule has 9 heteroatoms. The summed E-state index contributed by atoms with van der Waals surface area (Å²) in [5.74, 6) is -0.660. The molecule has 0 unspecified atom stereocenters. The average molecular weight is 408 g/mol. The van der Waals surface area contributed by atoms with E-state index in [-0.39, 0.29) is 17.5 Å². The van der Waals surface area contributed by atoms with Crippen LogP contribution in [-0.2, 0) is 11.2 Å². The molecule has 1 aliphatic rings. The Labute approximate surface area is 166 Å². The SMILES string of the molecule is O=C(NCC(F)(F)F)c1cc(C2CCN(C(=O)CCc3ccccc3)CC2)[nH]n1. The van der Waals surface area contributed by atoms with Crippen LogP contribution in [0.4, 0.5) is 13.2 Å². The van der Waals surface area contributed by atoms with Gasteiger partial charge < -0.3 is 10.2 Å². The fourth-order valence-corrected chi connectivity index (χ4v) is 3.43. The van der Waals surface area contributed by atoms with E-state index < -0.39 is 18.6 Å². The quantitative estimate of drug-likeness (QED) is 0.771. The molecule has 0 spiro atoms. The zero-order valence-electron chi connectivity index (χ0n) is 15.8. The van der Waals surface area contributed by atoms with Gasteiger partial charge in [-0.25, -0.2) is 0 Å². The molecule has 0 aliphatic carbocycles. The van der Waals surface area contributed by atoms with Crippen LogP contribution in [0.5, 0.6) is 0 Å². The summed E-state index contributed by atoms with van der Waals surface area (Å²) in [6.45, 7) is -0.183. The van der Waals surface area contributed by atoms with Gasteiger partial charge in [-0.3, -0.25) is 14.7 Å². The smallest absolute Gasteiger partial charge is 0.343 e. The Morgan fingerprint density at radius 1 is 1.17 bits per heavy atom. The fourth-order valence-electron chi connectivity index (χ4n) is 3.43. The van der Waals surface area contributed by atoms with E-state index in [0.29, 0.717) is 44.5 Å². The number of hydrogen-bond donors (Lipinski definition) is 2. The van der Waals surface area contributed by atoms with Gasteiger partial charge in [0, 0.05) is 31.1 Å². The van der Waals surface area contributed by atoms with Crippen LogP contribution in [0.2, 0.25) is 0 Å². The lowest BCUT2D eigenvalue weighted by Crippen LogP contribution is -2.38. The highest BCUT2D eigenvalue weighted by atomic mass is 19.4. The van der Waals surface area contributed by atoms with Crippen LogP contribution >= 0.6 is 0 Å². The van der Waals surface area contributed by atoms with E-state index in [1.807, 2.05) is 35.2 Å². The first kappa shape index (κ1) is 20.9. The number of nitrogens with one attached hydrogen (secondary N) is 2. The summed E-state index contributed by atoms with van der Waals surface area (Å²) in [6.07, 6.45) is -1.88. The zero-order valence-corrected chi connectivity index (χ0v) is 15.8. The van der Waals surface area contributed by atoms with Gasteiger partial charge in [0.25, 0.3) is 5.91 Å². The summed E-state index contributed by atoms with van der Waals surface area (Å²) in [5.41, 5.74) is 1.77. The van der Waals surface area contributed by atoms with Crippen molar-refractivity contribution in [2.24, 2.45) is 0 Å². The van der Waals surface area contributed by atoms with Crippen molar-refractivity contribution in [3.8, 4) is 0 Å². The van der Waals surface area contributed by atoms with E-state index >= 15 is 0 Å². The number of amides is 2. The molecule has 1 aromatic carbocycles. The average Bonchev–Trinajstić information content (AvgIpc) is 3.21. The summed E-state index contributed by atoms with van der Waals surface area (Å²) in [7, 11) is 0. The van der Waals surface area contributed by atoms with E-state index in [1.165, 1.54) is 6.07 Å². The van der Waals surface area contributed by atoms with E-state index in [1.54, 1.807) is 5.32 Å². The predicted octanol–water partition coefficient (Wildman–Crippen LogP) is 3.04. The molecule has 0 bridgehead atoms. The van der Waals surface area contributed by atoms with Crippen LogP contribution in [0.25, 0.3) is 0 Å². The molecule has 1 saturated heterocycles. The van der Waals surface area contributed by atoms with Crippen molar-refractivity contribution in [1.29, 1.82) is 0 Å². The maximum absolute atomic E-state index is 12.4. The number of aromatic amines is 1. The Morgan fingerprint density at radius 3 is 2.52 bits per heavy atom. The minimum absolute atomic E-state index is 0.0642. The topological polar surface area (TPSA) is 78.1 Å². The van der Waals surface area contributed by atoms with Crippen molar-refractivity contribution in [2.75, 3.05) is 19.6 Å². The molecule has 0 saturated carbocycles. The number of alkyl halides is 3. The monoisotopic (exact) mass is 408 g/mol. The molecule has 1 aliphatic heterocycles. The number of likely N-dealkylation sites (tertiary alicyclic amines) is 1. The maximum atomic E-state index is 12.4. The molecular formula is C20H23F3N4O2. The molecular weight excluding hydrogens is 385 g/mol. The first-order chi connectivity index (χ1) is 13.8. The molecule has 0 atom stereocenters. The van der Waals surface area contributed by atoms with Crippen LogP contribution < -0.4 is 5.32 Å². The van der Waals surface area contributed by atoms with Crippen LogP contribution in [0.1, 0.15) is 46.9 Å². The fraction of sp³-hybridized carbons (Fsp3) is 0.450. The molecule has 2 heterocycles. The van der Waals surface area contributed by atoms with E-state index in [0.717, 1.165) is 5.56 Å². The van der Waals surface area contributed by atoms with Gasteiger partial charge in [-0.1, -0.05) is 30.3 Å². The van der Waals surface area contributed by atoms with Gasteiger partial charge in [0.05, 0.1) is 0 Å². The van der Waals surface area contributed by atoms with Crippen molar-refractivity contribution in [3.05, 3.63) is 53.3 Å². The molecule has 3 rings (SSSR count). The summed E-state index contributed by atoms with van der Waals surface area (Å²) in [4.78, 5) is 26.0. The number of carbonyl (C=O) groups is 2. The molecule has 6 nitrogen and oxygen atoms in total. The third kappa shape index (κ3) is 6.07. The van der Waals surface area contributed by atoms with Crippen LogP contribution in [-0.4, -0.2) is 52.7 Å². The maximum Gasteiger partial charge on any atom is 0.405 e. The first-order valence-electron chi connectivity index (χ1n) is 9.54. The normalized spacial score (nSPS) is 15.3. The zero-order chi connectivity index (χ0) is 20.9. The van der Waals surface area contributed by atoms with Gasteiger partial charge in [-0.05, 0) is 30.9 Å². The van der Waals surface area contributed by atoms with Gasteiger partial charge >= 0.3 is 6.18 Å². The van der Waals surface area contributed by atoms with Crippen LogP contribution in [0.15, 0.2) is 36.4 Å². The number of hydrogen-bond acceptors (Lipinski definition) is 3. The molecule has 2 N–H and O–H groups in total. The highest BCUT2D eigenvalue weighted by Gasteiger charge is 2.29. The second-order valence-corrected chi connectivity index (χ2v) is 7.15. The van der Waals surface area contributed by atoms with Gasteiger partial charge in [0.15, 0.2) is 0 Å². The number of aryl methyl sites for hydroxylation is 1. The Morgan fingerprint density at radius 2 is 1.86 bits per heavy atom.